The minimum Gasteiger partial charge on any atom is -0.381 e. The second-order valence-electron chi connectivity index (χ2n) is 8.56. The quantitative estimate of drug-likeness (QED) is 0.662. The molecule has 0 spiro atoms. The zero-order valence-electron chi connectivity index (χ0n) is 18.0. The van der Waals surface area contributed by atoms with E-state index in [2.05, 4.69) is 10.6 Å². The lowest BCUT2D eigenvalue weighted by Gasteiger charge is -2.27. The highest BCUT2D eigenvalue weighted by Crippen LogP contribution is 2.31. The van der Waals surface area contributed by atoms with Gasteiger partial charge in [-0.05, 0) is 43.9 Å². The second kappa shape index (κ2) is 10.3. The van der Waals surface area contributed by atoms with Crippen molar-refractivity contribution < 1.29 is 22.7 Å². The van der Waals surface area contributed by atoms with Crippen LogP contribution in [0.15, 0.2) is 23.1 Å². The smallest absolute Gasteiger partial charge is 0.243 e. The Morgan fingerprint density at radius 2 is 1.77 bits per heavy atom. The van der Waals surface area contributed by atoms with Crippen molar-refractivity contribution in [1.29, 1.82) is 0 Å². The van der Waals surface area contributed by atoms with Crippen LogP contribution in [0.2, 0.25) is 0 Å². The number of ether oxygens (including phenoxy) is 2. The first-order chi connectivity index (χ1) is 15.0. The summed E-state index contributed by atoms with van der Waals surface area (Å²) in [6, 6.07) is 4.95. The van der Waals surface area contributed by atoms with Crippen molar-refractivity contribution in [1.82, 2.24) is 4.31 Å². The molecule has 172 valence electrons. The van der Waals surface area contributed by atoms with E-state index >= 15 is 0 Å². The van der Waals surface area contributed by atoms with Crippen LogP contribution >= 0.6 is 0 Å². The Morgan fingerprint density at radius 1 is 1.00 bits per heavy atom. The number of carbonyl (C=O) groups excluding carboxylic acids is 1. The van der Waals surface area contributed by atoms with Gasteiger partial charge in [-0.3, -0.25) is 4.79 Å². The summed E-state index contributed by atoms with van der Waals surface area (Å²) < 4.78 is 38.7. The molecule has 8 nitrogen and oxygen atoms in total. The number of anilines is 2. The Labute approximate surface area is 184 Å². The lowest BCUT2D eigenvalue weighted by Crippen LogP contribution is -2.40. The number of hydrogen-bond acceptors (Lipinski definition) is 6. The van der Waals surface area contributed by atoms with Crippen molar-refractivity contribution in [3.05, 3.63) is 18.2 Å². The first-order valence-electron chi connectivity index (χ1n) is 11.4. The molecular formula is C22H33N3O5S. The second-order valence-corrected chi connectivity index (χ2v) is 10.5. The van der Waals surface area contributed by atoms with Gasteiger partial charge in [0.25, 0.3) is 0 Å². The Morgan fingerprint density at radius 3 is 2.48 bits per heavy atom. The Bertz CT molecular complexity index is 858. The average molecular weight is 452 g/mol. The summed E-state index contributed by atoms with van der Waals surface area (Å²) in [4.78, 5) is 13.1. The fraction of sp³-hybridized carbons (Fsp3) is 0.682. The fourth-order valence-corrected chi connectivity index (χ4v) is 5.94. The van der Waals surface area contributed by atoms with Gasteiger partial charge in [-0.2, -0.15) is 4.31 Å². The molecule has 1 saturated carbocycles. The van der Waals surface area contributed by atoms with Gasteiger partial charge < -0.3 is 20.1 Å². The summed E-state index contributed by atoms with van der Waals surface area (Å²) in [5.41, 5.74) is 1.24. The molecule has 1 unspecified atom stereocenters. The highest BCUT2D eigenvalue weighted by atomic mass is 32.2. The fourth-order valence-electron chi connectivity index (χ4n) is 4.51. The maximum absolute atomic E-state index is 13.1. The predicted molar refractivity (Wildman–Crippen MR) is 119 cm³/mol. The van der Waals surface area contributed by atoms with Crippen LogP contribution in [-0.2, 0) is 24.3 Å². The third kappa shape index (κ3) is 5.58. The van der Waals surface area contributed by atoms with Crippen molar-refractivity contribution in [2.24, 2.45) is 5.92 Å². The molecule has 2 heterocycles. The first kappa shape index (κ1) is 22.5. The average Bonchev–Trinajstić information content (AvgIpc) is 3.33. The number of amides is 1. The van der Waals surface area contributed by atoms with Crippen molar-refractivity contribution in [2.75, 3.05) is 50.1 Å². The number of carbonyl (C=O) groups is 1. The van der Waals surface area contributed by atoms with Gasteiger partial charge in [0.15, 0.2) is 0 Å². The zero-order valence-corrected chi connectivity index (χ0v) is 18.8. The standard InChI is InChI=1S/C22H33N3O5S/c26-22(17-5-2-1-3-6-17)24-21-15-19(31(27,28)25-10-13-29-14-11-25)8-9-20(21)23-16-18-7-4-12-30-18/h8-9,15,17-18,23H,1-7,10-14,16H2,(H,24,26). The van der Waals surface area contributed by atoms with Gasteiger partial charge in [0, 0.05) is 32.2 Å². The largest absolute Gasteiger partial charge is 0.381 e. The molecule has 2 aliphatic heterocycles. The number of benzene rings is 1. The number of nitrogens with one attached hydrogen (secondary N) is 2. The molecule has 1 aliphatic carbocycles. The van der Waals surface area contributed by atoms with E-state index in [-0.39, 0.29) is 22.8 Å². The molecule has 3 aliphatic rings. The third-order valence-electron chi connectivity index (χ3n) is 6.38. The van der Waals surface area contributed by atoms with Crippen LogP contribution in [0.5, 0.6) is 0 Å². The molecule has 9 heteroatoms. The summed E-state index contributed by atoms with van der Waals surface area (Å²) in [7, 11) is -3.64. The van der Waals surface area contributed by atoms with Crippen LogP contribution < -0.4 is 10.6 Å². The van der Waals surface area contributed by atoms with E-state index in [9.17, 15) is 13.2 Å². The Hall–Kier alpha value is -1.68. The van der Waals surface area contributed by atoms with Crippen LogP contribution in [0.4, 0.5) is 11.4 Å². The van der Waals surface area contributed by atoms with Crippen LogP contribution in [0.1, 0.15) is 44.9 Å². The van der Waals surface area contributed by atoms with Crippen molar-refractivity contribution >= 4 is 27.3 Å². The van der Waals surface area contributed by atoms with Gasteiger partial charge >= 0.3 is 0 Å². The van der Waals surface area contributed by atoms with Crippen LogP contribution in [0.25, 0.3) is 0 Å². The number of nitrogens with zero attached hydrogens (tertiary/aromatic N) is 1. The topological polar surface area (TPSA) is 97.0 Å². The third-order valence-corrected chi connectivity index (χ3v) is 8.27. The van der Waals surface area contributed by atoms with Gasteiger partial charge in [0.2, 0.25) is 15.9 Å². The lowest BCUT2D eigenvalue weighted by molar-refractivity contribution is -0.120. The van der Waals surface area contributed by atoms with Crippen molar-refractivity contribution in [3.63, 3.8) is 0 Å². The summed E-state index contributed by atoms with van der Waals surface area (Å²) in [5, 5.41) is 6.37. The SMILES string of the molecule is O=C(Nc1cc(S(=O)(=O)N2CCOCC2)ccc1NCC1CCCO1)C1CCCCC1. The monoisotopic (exact) mass is 451 g/mol. The number of sulfonamides is 1. The summed E-state index contributed by atoms with van der Waals surface area (Å²) in [6.07, 6.45) is 7.26. The van der Waals surface area contributed by atoms with Crippen LogP contribution in [0, 0.1) is 5.92 Å². The first-order valence-corrected chi connectivity index (χ1v) is 12.9. The molecular weight excluding hydrogens is 418 g/mol. The molecule has 1 aromatic rings. The summed E-state index contributed by atoms with van der Waals surface area (Å²) in [5.74, 6) is -0.0416. The minimum atomic E-state index is -3.64. The Balaban J connectivity index is 1.55. The van der Waals surface area contributed by atoms with Gasteiger partial charge in [-0.1, -0.05) is 19.3 Å². The highest BCUT2D eigenvalue weighted by Gasteiger charge is 2.28. The van der Waals surface area contributed by atoms with Gasteiger partial charge in [0.05, 0.1) is 35.6 Å². The molecule has 0 radical (unpaired) electrons. The molecule has 4 rings (SSSR count). The van der Waals surface area contributed by atoms with Gasteiger partial charge in [-0.15, -0.1) is 0 Å². The maximum atomic E-state index is 13.1. The lowest BCUT2D eigenvalue weighted by atomic mass is 9.88. The summed E-state index contributed by atoms with van der Waals surface area (Å²) in [6.45, 7) is 2.86. The van der Waals surface area contributed by atoms with Crippen LogP contribution in [0.3, 0.4) is 0 Å². The van der Waals surface area contributed by atoms with Crippen molar-refractivity contribution in [3.8, 4) is 0 Å². The molecule has 3 fully saturated rings. The van der Waals surface area contributed by atoms with Gasteiger partial charge in [-0.25, -0.2) is 8.42 Å². The van der Waals surface area contributed by atoms with E-state index in [1.165, 1.54) is 10.7 Å². The van der Waals surface area contributed by atoms with Crippen LogP contribution in [-0.4, -0.2) is 64.2 Å². The molecule has 0 aromatic heterocycles. The molecule has 1 atom stereocenters. The molecule has 2 saturated heterocycles. The highest BCUT2D eigenvalue weighted by molar-refractivity contribution is 7.89. The number of hydrogen-bond donors (Lipinski definition) is 2. The maximum Gasteiger partial charge on any atom is 0.243 e. The van der Waals surface area contributed by atoms with Gasteiger partial charge in [0.1, 0.15) is 0 Å². The molecule has 2 N–H and O–H groups in total. The zero-order chi connectivity index (χ0) is 21.7. The van der Waals surface area contributed by atoms with E-state index in [0.29, 0.717) is 38.5 Å². The van der Waals surface area contributed by atoms with Crippen molar-refractivity contribution in [2.45, 2.75) is 55.9 Å². The van der Waals surface area contributed by atoms with E-state index in [0.717, 1.165) is 50.8 Å². The molecule has 1 amide bonds. The minimum absolute atomic E-state index is 0.0146. The van der Waals surface area contributed by atoms with E-state index in [1.807, 2.05) is 0 Å². The van der Waals surface area contributed by atoms with E-state index in [4.69, 9.17) is 9.47 Å². The normalized spacial score (nSPS) is 23.5. The van der Waals surface area contributed by atoms with E-state index in [1.54, 1.807) is 18.2 Å². The predicted octanol–water partition coefficient (Wildman–Crippen LogP) is 2.82. The molecule has 1 aromatic carbocycles. The molecule has 31 heavy (non-hydrogen) atoms. The number of morpholine rings is 1. The Kier molecular flexibility index (Phi) is 7.47. The van der Waals surface area contributed by atoms with E-state index < -0.39 is 10.0 Å². The summed E-state index contributed by atoms with van der Waals surface area (Å²) >= 11 is 0. The molecule has 0 bridgehead atoms. The number of rotatable bonds is 7.